The van der Waals surface area contributed by atoms with Gasteiger partial charge in [-0.15, -0.1) is 0 Å². The Morgan fingerprint density at radius 3 is 2.85 bits per heavy atom. The smallest absolute Gasteiger partial charge is 0.335 e. The van der Waals surface area contributed by atoms with E-state index < -0.39 is 5.97 Å². The summed E-state index contributed by atoms with van der Waals surface area (Å²) in [4.78, 5) is 15.2. The molecule has 6 heteroatoms. The summed E-state index contributed by atoms with van der Waals surface area (Å²) < 4.78 is 1.32. The molecular weight excluding hydrogens is 278 g/mol. The monoisotopic (exact) mass is 285 g/mol. The van der Waals surface area contributed by atoms with Gasteiger partial charge in [0.2, 0.25) is 0 Å². The summed E-state index contributed by atoms with van der Waals surface area (Å²) in [6, 6.07) is 5.13. The van der Waals surface area contributed by atoms with E-state index in [1.54, 1.807) is 12.3 Å². The van der Waals surface area contributed by atoms with E-state index in [2.05, 4.69) is 4.98 Å². The molecule has 3 rings (SSSR count). The zero-order chi connectivity index (χ0) is 14.4. The van der Waals surface area contributed by atoms with Gasteiger partial charge in [-0.3, -0.25) is 9.07 Å². The highest BCUT2D eigenvalue weighted by Gasteiger charge is 2.17. The molecule has 0 aliphatic carbocycles. The number of fused-ring (bicyclic) bond motifs is 3. The number of carboxylic acids is 1. The maximum absolute atomic E-state index is 11.1. The number of hydrogen-bond acceptors (Lipinski definition) is 3. The average Bonchev–Trinajstić information content (AvgIpc) is 2.73. The van der Waals surface area contributed by atoms with Gasteiger partial charge >= 0.3 is 5.97 Å². The summed E-state index contributed by atoms with van der Waals surface area (Å²) >= 11 is 6.27. The molecule has 0 saturated carbocycles. The molecule has 0 spiro atoms. The molecule has 0 saturated heterocycles. The van der Waals surface area contributed by atoms with Crippen molar-refractivity contribution in [2.45, 2.75) is 6.92 Å². The molecule has 20 heavy (non-hydrogen) atoms. The molecule has 2 heterocycles. The molecule has 0 radical (unpaired) electrons. The highest BCUT2D eigenvalue weighted by molar-refractivity contribution is 6.27. The van der Waals surface area contributed by atoms with Gasteiger partial charge in [0, 0.05) is 34.9 Å². The van der Waals surface area contributed by atoms with E-state index in [9.17, 15) is 4.79 Å². The minimum atomic E-state index is -1.02. The van der Waals surface area contributed by atoms with Gasteiger partial charge in [-0.2, -0.15) is 5.26 Å². The van der Waals surface area contributed by atoms with E-state index >= 15 is 0 Å². The molecule has 2 aromatic heterocycles. The lowest BCUT2D eigenvalue weighted by atomic mass is 10.0. The maximum Gasteiger partial charge on any atom is 0.335 e. The Morgan fingerprint density at radius 2 is 2.20 bits per heavy atom. The van der Waals surface area contributed by atoms with Gasteiger partial charge in [0.1, 0.15) is 6.07 Å². The number of rotatable bonds is 1. The van der Waals surface area contributed by atoms with Crippen LogP contribution in [0.4, 0.5) is 0 Å². The number of nitrogens with zero attached hydrogens (tertiary/aromatic N) is 3. The van der Waals surface area contributed by atoms with Crippen LogP contribution in [-0.4, -0.2) is 20.1 Å². The number of hydrogen-bond donors (Lipinski definition) is 1. The van der Waals surface area contributed by atoms with Gasteiger partial charge < -0.3 is 5.11 Å². The molecule has 0 aliphatic heterocycles. The standard InChI is InChI=1S/C14H8ClN3O2/c1-7-2-8(14(19)20)3-11-12(7)10-6-17-5-9(4-16)13(10)18(11)15/h2-3,5-6H,1H3,(H,19,20). The molecule has 0 unspecified atom stereocenters. The Labute approximate surface area is 118 Å². The van der Waals surface area contributed by atoms with Crippen LogP contribution in [0.5, 0.6) is 0 Å². The van der Waals surface area contributed by atoms with Crippen molar-refractivity contribution in [2.75, 3.05) is 0 Å². The fourth-order valence-corrected chi connectivity index (χ4v) is 2.76. The van der Waals surface area contributed by atoms with Gasteiger partial charge in [0.15, 0.2) is 0 Å². The Kier molecular flexibility index (Phi) is 2.63. The number of aromatic carboxylic acids is 1. The van der Waals surface area contributed by atoms with Gasteiger partial charge in [0.05, 0.1) is 22.2 Å². The first kappa shape index (κ1) is 12.5. The highest BCUT2D eigenvalue weighted by Crippen LogP contribution is 2.34. The van der Waals surface area contributed by atoms with Crippen LogP contribution in [-0.2, 0) is 0 Å². The van der Waals surface area contributed by atoms with Crippen LogP contribution in [0, 0.1) is 18.3 Å². The summed E-state index contributed by atoms with van der Waals surface area (Å²) in [7, 11) is 0. The second-order valence-corrected chi connectivity index (χ2v) is 4.81. The van der Waals surface area contributed by atoms with E-state index in [4.69, 9.17) is 22.1 Å². The van der Waals surface area contributed by atoms with Crippen LogP contribution in [0.25, 0.3) is 21.8 Å². The lowest BCUT2D eigenvalue weighted by Gasteiger charge is -2.01. The predicted octanol–water partition coefficient (Wildman–Crippen LogP) is 3.07. The Morgan fingerprint density at radius 1 is 1.45 bits per heavy atom. The third-order valence-corrected chi connectivity index (χ3v) is 3.63. The number of aromatic nitrogens is 2. The minimum Gasteiger partial charge on any atom is -0.478 e. The van der Waals surface area contributed by atoms with Crippen molar-refractivity contribution in [3.05, 3.63) is 41.2 Å². The fraction of sp³-hybridized carbons (Fsp3) is 0.0714. The average molecular weight is 286 g/mol. The largest absolute Gasteiger partial charge is 0.478 e. The van der Waals surface area contributed by atoms with Crippen LogP contribution in [0.15, 0.2) is 24.5 Å². The predicted molar refractivity (Wildman–Crippen MR) is 74.9 cm³/mol. The molecule has 0 bridgehead atoms. The summed E-state index contributed by atoms with van der Waals surface area (Å²) in [5.74, 6) is -1.02. The number of benzene rings is 1. The summed E-state index contributed by atoms with van der Waals surface area (Å²) in [6.45, 7) is 1.81. The SMILES string of the molecule is Cc1cc(C(=O)O)cc2c1c1cncc(C#N)c1n2Cl. The van der Waals surface area contributed by atoms with E-state index in [0.29, 0.717) is 16.6 Å². The second-order valence-electron chi connectivity index (χ2n) is 4.47. The fourth-order valence-electron chi connectivity index (χ4n) is 2.45. The van der Waals surface area contributed by atoms with Crippen molar-refractivity contribution in [2.24, 2.45) is 0 Å². The summed E-state index contributed by atoms with van der Waals surface area (Å²) in [5, 5.41) is 19.8. The molecule has 0 aliphatic rings. The molecule has 0 fully saturated rings. The van der Waals surface area contributed by atoms with E-state index in [-0.39, 0.29) is 5.56 Å². The second kappa shape index (κ2) is 4.22. The minimum absolute atomic E-state index is 0.158. The number of pyridine rings is 1. The highest BCUT2D eigenvalue weighted by atomic mass is 35.5. The molecule has 3 aromatic rings. The third kappa shape index (κ3) is 1.55. The van der Waals surface area contributed by atoms with Crippen LogP contribution in [0.3, 0.4) is 0 Å². The van der Waals surface area contributed by atoms with Crippen molar-refractivity contribution >= 4 is 39.6 Å². The van der Waals surface area contributed by atoms with E-state index in [1.165, 1.54) is 16.3 Å². The Bertz CT molecular complexity index is 922. The molecule has 1 aromatic carbocycles. The number of nitriles is 1. The van der Waals surface area contributed by atoms with Crippen molar-refractivity contribution < 1.29 is 9.90 Å². The molecule has 5 nitrogen and oxygen atoms in total. The van der Waals surface area contributed by atoms with Crippen molar-refractivity contribution in [3.63, 3.8) is 0 Å². The normalized spacial score (nSPS) is 10.8. The molecule has 0 atom stereocenters. The lowest BCUT2D eigenvalue weighted by Crippen LogP contribution is -1.97. The number of halogens is 1. The van der Waals surface area contributed by atoms with E-state index in [1.807, 2.05) is 13.0 Å². The number of aryl methyl sites for hydroxylation is 1. The maximum atomic E-state index is 11.1. The lowest BCUT2D eigenvalue weighted by molar-refractivity contribution is 0.0697. The van der Waals surface area contributed by atoms with Crippen molar-refractivity contribution in [1.82, 2.24) is 9.07 Å². The first-order valence-electron chi connectivity index (χ1n) is 5.77. The van der Waals surface area contributed by atoms with Gasteiger partial charge in [-0.05, 0) is 24.6 Å². The third-order valence-electron chi connectivity index (χ3n) is 3.28. The Hall–Kier alpha value is -2.58. The number of carbonyl (C=O) groups is 1. The van der Waals surface area contributed by atoms with E-state index in [0.717, 1.165) is 16.3 Å². The zero-order valence-corrected chi connectivity index (χ0v) is 11.1. The van der Waals surface area contributed by atoms with Crippen LogP contribution >= 0.6 is 11.8 Å². The first-order chi connectivity index (χ1) is 9.54. The Balaban J connectivity index is 2.59. The van der Waals surface area contributed by atoms with Crippen LogP contribution in [0.2, 0.25) is 0 Å². The molecular formula is C14H8ClN3O2. The zero-order valence-electron chi connectivity index (χ0n) is 10.4. The first-order valence-corrected chi connectivity index (χ1v) is 6.10. The van der Waals surface area contributed by atoms with Crippen LogP contribution in [0.1, 0.15) is 21.5 Å². The van der Waals surface area contributed by atoms with Gasteiger partial charge in [0.25, 0.3) is 0 Å². The van der Waals surface area contributed by atoms with Crippen molar-refractivity contribution in [3.8, 4) is 6.07 Å². The van der Waals surface area contributed by atoms with Gasteiger partial charge in [-0.25, -0.2) is 4.79 Å². The summed E-state index contributed by atoms with van der Waals surface area (Å²) in [5.41, 5.74) is 2.39. The molecule has 0 amide bonds. The number of carboxylic acid groups (broad SMARTS) is 1. The summed E-state index contributed by atoms with van der Waals surface area (Å²) in [6.07, 6.45) is 3.07. The van der Waals surface area contributed by atoms with Crippen LogP contribution < -0.4 is 0 Å². The topological polar surface area (TPSA) is 78.9 Å². The molecule has 1 N–H and O–H groups in total. The van der Waals surface area contributed by atoms with Crippen molar-refractivity contribution in [1.29, 1.82) is 5.26 Å². The molecule has 98 valence electrons. The quantitative estimate of drug-likeness (QED) is 0.745. The van der Waals surface area contributed by atoms with Gasteiger partial charge in [-0.1, -0.05) is 0 Å².